The van der Waals surface area contributed by atoms with Crippen LogP contribution >= 0.6 is 0 Å². The molecule has 0 aromatic heterocycles. The van der Waals surface area contributed by atoms with Gasteiger partial charge in [-0.3, -0.25) is 4.79 Å². The average Bonchev–Trinajstić information content (AvgIpc) is 2.72. The van der Waals surface area contributed by atoms with E-state index in [1.807, 2.05) is 37.3 Å². The van der Waals surface area contributed by atoms with E-state index in [1.54, 1.807) is 0 Å². The molecule has 0 unspecified atom stereocenters. The lowest BCUT2D eigenvalue weighted by molar-refractivity contribution is -0.120. The summed E-state index contributed by atoms with van der Waals surface area (Å²) in [5, 5.41) is 0. The fourth-order valence-electron chi connectivity index (χ4n) is 2.05. The van der Waals surface area contributed by atoms with Crippen molar-refractivity contribution in [3.8, 4) is 0 Å². The number of hydrogen-bond acceptors (Lipinski definition) is 4. The molecule has 20 heavy (non-hydrogen) atoms. The number of benzene rings is 1. The molecular formula is C14H17N3O3. The summed E-state index contributed by atoms with van der Waals surface area (Å²) in [7, 11) is 0. The number of aliphatic imine (C=N–C) groups is 1. The molecule has 1 aromatic rings. The van der Waals surface area contributed by atoms with Crippen molar-refractivity contribution < 1.29 is 14.3 Å². The van der Waals surface area contributed by atoms with Crippen molar-refractivity contribution in [3.05, 3.63) is 35.9 Å². The molecule has 1 heterocycles. The fourth-order valence-corrected chi connectivity index (χ4v) is 2.05. The Labute approximate surface area is 117 Å². The molecule has 0 aliphatic carbocycles. The van der Waals surface area contributed by atoms with Gasteiger partial charge in [-0.05, 0) is 12.0 Å². The molecule has 6 heteroatoms. The molecule has 1 aliphatic rings. The number of amides is 2. The van der Waals surface area contributed by atoms with Gasteiger partial charge in [-0.15, -0.1) is 0 Å². The molecule has 106 valence electrons. The van der Waals surface area contributed by atoms with Gasteiger partial charge in [-0.2, -0.15) is 4.99 Å². The minimum Gasteiger partial charge on any atom is -0.444 e. The second-order valence-corrected chi connectivity index (χ2v) is 4.52. The molecule has 0 saturated heterocycles. The summed E-state index contributed by atoms with van der Waals surface area (Å²) < 4.78 is 5.18. The number of ether oxygens (including phenoxy) is 1. The van der Waals surface area contributed by atoms with Crippen LogP contribution in [0.15, 0.2) is 35.3 Å². The molecule has 0 spiro atoms. The summed E-state index contributed by atoms with van der Waals surface area (Å²) in [5.41, 5.74) is 6.48. The first-order valence-electron chi connectivity index (χ1n) is 6.51. The Balaban J connectivity index is 2.00. The van der Waals surface area contributed by atoms with E-state index in [0.29, 0.717) is 6.42 Å². The normalized spacial score (nSPS) is 18.1. The van der Waals surface area contributed by atoms with E-state index in [1.165, 1.54) is 0 Å². The summed E-state index contributed by atoms with van der Waals surface area (Å²) in [6.45, 7) is 2.06. The van der Waals surface area contributed by atoms with Crippen LogP contribution in [0.4, 0.5) is 4.79 Å². The lowest BCUT2D eigenvalue weighted by Crippen LogP contribution is -2.46. The largest absolute Gasteiger partial charge is 0.444 e. The Morgan fingerprint density at radius 1 is 1.40 bits per heavy atom. The van der Waals surface area contributed by atoms with Crippen molar-refractivity contribution >= 4 is 18.0 Å². The summed E-state index contributed by atoms with van der Waals surface area (Å²) in [5.74, 6) is -0.479. The Kier molecular flexibility index (Phi) is 4.34. The third-order valence-corrected chi connectivity index (χ3v) is 3.03. The Bertz CT molecular complexity index is 528. The van der Waals surface area contributed by atoms with Crippen molar-refractivity contribution in [2.45, 2.75) is 32.4 Å². The summed E-state index contributed by atoms with van der Waals surface area (Å²) >= 11 is 0. The maximum Gasteiger partial charge on any atom is 0.417 e. The van der Waals surface area contributed by atoms with E-state index in [0.717, 1.165) is 16.9 Å². The van der Waals surface area contributed by atoms with Gasteiger partial charge in [0.05, 0.1) is 0 Å². The van der Waals surface area contributed by atoms with E-state index >= 15 is 0 Å². The van der Waals surface area contributed by atoms with Gasteiger partial charge in [-0.25, -0.2) is 9.69 Å². The van der Waals surface area contributed by atoms with E-state index in [9.17, 15) is 9.59 Å². The highest BCUT2D eigenvalue weighted by molar-refractivity contribution is 6.09. The van der Waals surface area contributed by atoms with Crippen molar-refractivity contribution in [2.24, 2.45) is 10.7 Å². The van der Waals surface area contributed by atoms with Crippen LogP contribution in [0, 0.1) is 0 Å². The first-order chi connectivity index (χ1) is 9.63. The van der Waals surface area contributed by atoms with Gasteiger partial charge in [0.15, 0.2) is 0 Å². The van der Waals surface area contributed by atoms with Crippen LogP contribution in [0.2, 0.25) is 0 Å². The van der Waals surface area contributed by atoms with Crippen LogP contribution < -0.4 is 5.73 Å². The molecule has 1 aromatic carbocycles. The van der Waals surface area contributed by atoms with E-state index in [2.05, 4.69) is 4.99 Å². The van der Waals surface area contributed by atoms with Gasteiger partial charge in [0.1, 0.15) is 12.6 Å². The van der Waals surface area contributed by atoms with E-state index in [4.69, 9.17) is 10.5 Å². The van der Waals surface area contributed by atoms with Gasteiger partial charge in [0.25, 0.3) is 5.91 Å². The minimum atomic E-state index is -0.639. The van der Waals surface area contributed by atoms with Gasteiger partial charge in [0, 0.05) is 0 Å². The first kappa shape index (κ1) is 14.0. The van der Waals surface area contributed by atoms with Crippen molar-refractivity contribution in [1.82, 2.24) is 4.90 Å². The maximum atomic E-state index is 12.1. The van der Waals surface area contributed by atoms with Gasteiger partial charge in [-0.1, -0.05) is 43.7 Å². The number of rotatable bonds is 4. The van der Waals surface area contributed by atoms with Crippen LogP contribution in [0.1, 0.15) is 25.3 Å². The molecule has 0 fully saturated rings. The predicted octanol–water partition coefficient (Wildman–Crippen LogP) is 1.65. The quantitative estimate of drug-likeness (QED) is 0.905. The molecule has 2 N–H and O–H groups in total. The minimum absolute atomic E-state index is 0.0912. The lowest BCUT2D eigenvalue weighted by atomic mass is 10.1. The second kappa shape index (κ2) is 6.18. The summed E-state index contributed by atoms with van der Waals surface area (Å²) in [4.78, 5) is 28.5. The number of hydrogen-bond donors (Lipinski definition) is 1. The van der Waals surface area contributed by atoms with Crippen LogP contribution in [-0.2, 0) is 16.1 Å². The Morgan fingerprint density at radius 3 is 2.75 bits per heavy atom. The van der Waals surface area contributed by atoms with Gasteiger partial charge in [0.2, 0.25) is 5.96 Å². The third-order valence-electron chi connectivity index (χ3n) is 3.03. The van der Waals surface area contributed by atoms with Crippen LogP contribution in [-0.4, -0.2) is 28.9 Å². The van der Waals surface area contributed by atoms with Crippen molar-refractivity contribution in [1.29, 1.82) is 0 Å². The molecule has 1 aliphatic heterocycles. The molecule has 0 bridgehead atoms. The predicted molar refractivity (Wildman–Crippen MR) is 73.8 cm³/mol. The van der Waals surface area contributed by atoms with Crippen molar-refractivity contribution in [2.75, 3.05) is 0 Å². The van der Waals surface area contributed by atoms with Gasteiger partial charge < -0.3 is 10.5 Å². The molecule has 6 nitrogen and oxygen atoms in total. The third kappa shape index (κ3) is 2.96. The van der Waals surface area contributed by atoms with Crippen LogP contribution in [0.3, 0.4) is 0 Å². The highest BCUT2D eigenvalue weighted by Crippen LogP contribution is 2.17. The maximum absolute atomic E-state index is 12.1. The Hall–Kier alpha value is -2.37. The topological polar surface area (TPSA) is 85.0 Å². The van der Waals surface area contributed by atoms with Gasteiger partial charge >= 0.3 is 6.09 Å². The molecule has 0 saturated carbocycles. The summed E-state index contributed by atoms with van der Waals surface area (Å²) in [6.07, 6.45) is 0.630. The average molecular weight is 275 g/mol. The zero-order chi connectivity index (χ0) is 14.5. The first-order valence-corrected chi connectivity index (χ1v) is 6.51. The van der Waals surface area contributed by atoms with E-state index in [-0.39, 0.29) is 18.5 Å². The molecule has 2 rings (SSSR count). The van der Waals surface area contributed by atoms with Crippen LogP contribution in [0.5, 0.6) is 0 Å². The molecule has 1 atom stereocenters. The zero-order valence-corrected chi connectivity index (χ0v) is 11.3. The number of carbonyl (C=O) groups is 2. The number of guanidine groups is 1. The fraction of sp³-hybridized carbons (Fsp3) is 0.357. The highest BCUT2D eigenvalue weighted by Gasteiger charge is 2.38. The van der Waals surface area contributed by atoms with E-state index < -0.39 is 12.1 Å². The standard InChI is InChI=1S/C14H17N3O3/c1-2-6-11-12(18)16-13(15)17(11)14(19)20-9-10-7-4-3-5-8-10/h3-5,7-8,11H,2,6,9H2,1H3,(H2,15,16,18)/t11-/m0/s1. The molecule has 0 radical (unpaired) electrons. The SMILES string of the molecule is CCC[C@H]1C(=O)N=C(N)N1C(=O)OCc1ccccc1. The van der Waals surface area contributed by atoms with Crippen LogP contribution in [0.25, 0.3) is 0 Å². The number of nitrogens with zero attached hydrogens (tertiary/aromatic N) is 2. The molecular weight excluding hydrogens is 258 g/mol. The monoisotopic (exact) mass is 275 g/mol. The zero-order valence-electron chi connectivity index (χ0n) is 11.3. The smallest absolute Gasteiger partial charge is 0.417 e. The second-order valence-electron chi connectivity index (χ2n) is 4.52. The summed E-state index contributed by atoms with van der Waals surface area (Å²) in [6, 6.07) is 8.67. The number of carbonyl (C=O) groups excluding carboxylic acids is 2. The Morgan fingerprint density at radius 2 is 2.10 bits per heavy atom. The lowest BCUT2D eigenvalue weighted by Gasteiger charge is -2.21. The van der Waals surface area contributed by atoms with Crippen molar-refractivity contribution in [3.63, 3.8) is 0 Å². The molecule has 2 amide bonds. The highest BCUT2D eigenvalue weighted by atomic mass is 16.6. The number of nitrogens with two attached hydrogens (primary N) is 1.